The molecule has 21 heavy (non-hydrogen) atoms. The standard InChI is InChI=1S/C16H14INO3/c17-13-6-4-11(5-7-13)15(19)18-14-3-1-2-12(10-14)16-20-8-9-21-16/h1-7,10,16H,8-9H2,(H,18,19). The molecule has 2 aromatic rings. The highest BCUT2D eigenvalue weighted by Gasteiger charge is 2.18. The van der Waals surface area contributed by atoms with E-state index in [0.29, 0.717) is 18.8 Å². The highest BCUT2D eigenvalue weighted by Crippen LogP contribution is 2.25. The molecule has 5 heteroatoms. The van der Waals surface area contributed by atoms with Gasteiger partial charge in [0.2, 0.25) is 0 Å². The summed E-state index contributed by atoms with van der Waals surface area (Å²) >= 11 is 2.21. The Bertz CT molecular complexity index is 636. The summed E-state index contributed by atoms with van der Waals surface area (Å²) in [7, 11) is 0. The Kier molecular flexibility index (Phi) is 4.52. The van der Waals surface area contributed by atoms with Crippen molar-refractivity contribution in [2.24, 2.45) is 0 Å². The van der Waals surface area contributed by atoms with E-state index in [2.05, 4.69) is 27.9 Å². The van der Waals surface area contributed by atoms with Crippen LogP contribution in [0.4, 0.5) is 5.69 Å². The average molecular weight is 395 g/mol. The first kappa shape index (κ1) is 14.5. The van der Waals surface area contributed by atoms with Gasteiger partial charge >= 0.3 is 0 Å². The molecule has 4 nitrogen and oxygen atoms in total. The van der Waals surface area contributed by atoms with E-state index in [1.807, 2.05) is 48.5 Å². The van der Waals surface area contributed by atoms with Crippen molar-refractivity contribution in [3.8, 4) is 0 Å². The van der Waals surface area contributed by atoms with Gasteiger partial charge in [-0.1, -0.05) is 12.1 Å². The molecule has 3 rings (SSSR count). The van der Waals surface area contributed by atoms with Crippen molar-refractivity contribution in [2.45, 2.75) is 6.29 Å². The van der Waals surface area contributed by atoms with E-state index >= 15 is 0 Å². The van der Waals surface area contributed by atoms with Crippen LogP contribution < -0.4 is 5.32 Å². The van der Waals surface area contributed by atoms with Crippen LogP contribution in [0.5, 0.6) is 0 Å². The van der Waals surface area contributed by atoms with Gasteiger partial charge in [-0.25, -0.2) is 0 Å². The fraction of sp³-hybridized carbons (Fsp3) is 0.188. The fourth-order valence-electron chi connectivity index (χ4n) is 2.12. The second kappa shape index (κ2) is 6.55. The van der Waals surface area contributed by atoms with E-state index in [1.54, 1.807) is 0 Å². The quantitative estimate of drug-likeness (QED) is 0.809. The zero-order chi connectivity index (χ0) is 14.7. The van der Waals surface area contributed by atoms with Crippen molar-refractivity contribution in [3.05, 3.63) is 63.2 Å². The predicted molar refractivity (Wildman–Crippen MR) is 88.2 cm³/mol. The number of amides is 1. The van der Waals surface area contributed by atoms with Crippen molar-refractivity contribution in [1.82, 2.24) is 0 Å². The number of hydrogen-bond acceptors (Lipinski definition) is 3. The minimum absolute atomic E-state index is 0.128. The second-order valence-corrected chi connectivity index (χ2v) is 5.91. The number of rotatable bonds is 3. The van der Waals surface area contributed by atoms with E-state index < -0.39 is 0 Å². The maximum atomic E-state index is 12.2. The Morgan fingerprint density at radius 2 is 1.81 bits per heavy atom. The van der Waals surface area contributed by atoms with Gasteiger partial charge in [-0.15, -0.1) is 0 Å². The molecular formula is C16H14INO3. The fourth-order valence-corrected chi connectivity index (χ4v) is 2.48. The van der Waals surface area contributed by atoms with Gasteiger partial charge in [-0.05, 0) is 59.0 Å². The van der Waals surface area contributed by atoms with Gasteiger partial charge in [0.1, 0.15) is 0 Å². The number of benzene rings is 2. The Labute approximate surface area is 136 Å². The number of hydrogen-bond donors (Lipinski definition) is 1. The molecule has 1 fully saturated rings. The van der Waals surface area contributed by atoms with Crippen molar-refractivity contribution in [1.29, 1.82) is 0 Å². The molecule has 0 radical (unpaired) electrons. The number of carbonyl (C=O) groups is 1. The highest BCUT2D eigenvalue weighted by molar-refractivity contribution is 14.1. The first-order chi connectivity index (χ1) is 10.2. The maximum Gasteiger partial charge on any atom is 0.255 e. The lowest BCUT2D eigenvalue weighted by atomic mass is 10.1. The van der Waals surface area contributed by atoms with Crippen molar-refractivity contribution in [3.63, 3.8) is 0 Å². The third-order valence-electron chi connectivity index (χ3n) is 3.14. The van der Waals surface area contributed by atoms with Gasteiger partial charge in [0, 0.05) is 20.4 Å². The summed E-state index contributed by atoms with van der Waals surface area (Å²) < 4.78 is 12.0. The van der Waals surface area contributed by atoms with E-state index in [-0.39, 0.29) is 12.2 Å². The van der Waals surface area contributed by atoms with Crippen LogP contribution in [-0.4, -0.2) is 19.1 Å². The van der Waals surface area contributed by atoms with Gasteiger partial charge in [-0.3, -0.25) is 4.79 Å². The number of carbonyl (C=O) groups excluding carboxylic acids is 1. The number of anilines is 1. The lowest BCUT2D eigenvalue weighted by molar-refractivity contribution is -0.0440. The SMILES string of the molecule is O=C(Nc1cccc(C2OCCO2)c1)c1ccc(I)cc1. The molecule has 0 atom stereocenters. The van der Waals surface area contributed by atoms with Gasteiger partial charge in [0.15, 0.2) is 6.29 Å². The molecule has 0 bridgehead atoms. The summed E-state index contributed by atoms with van der Waals surface area (Å²) in [6.45, 7) is 1.20. The number of nitrogens with one attached hydrogen (secondary N) is 1. The van der Waals surface area contributed by atoms with Gasteiger partial charge in [-0.2, -0.15) is 0 Å². The zero-order valence-electron chi connectivity index (χ0n) is 11.2. The molecule has 0 aliphatic carbocycles. The maximum absolute atomic E-state index is 12.2. The summed E-state index contributed by atoms with van der Waals surface area (Å²) in [4.78, 5) is 12.2. The minimum atomic E-state index is -0.333. The molecule has 0 saturated carbocycles. The van der Waals surface area contributed by atoms with Crippen molar-refractivity contribution >= 4 is 34.2 Å². The smallest absolute Gasteiger partial charge is 0.255 e. The van der Waals surface area contributed by atoms with Crippen LogP contribution in [0.3, 0.4) is 0 Å². The first-order valence-corrected chi connectivity index (χ1v) is 7.70. The van der Waals surface area contributed by atoms with E-state index in [0.717, 1.165) is 14.8 Å². The van der Waals surface area contributed by atoms with Gasteiger partial charge < -0.3 is 14.8 Å². The second-order valence-electron chi connectivity index (χ2n) is 4.66. The number of halogens is 1. The van der Waals surface area contributed by atoms with Crippen LogP contribution in [0.25, 0.3) is 0 Å². The highest BCUT2D eigenvalue weighted by atomic mass is 127. The molecule has 1 aliphatic heterocycles. The number of ether oxygens (including phenoxy) is 2. The first-order valence-electron chi connectivity index (χ1n) is 6.62. The zero-order valence-corrected chi connectivity index (χ0v) is 13.4. The summed E-state index contributed by atoms with van der Waals surface area (Å²) in [5.41, 5.74) is 2.28. The summed E-state index contributed by atoms with van der Waals surface area (Å²) in [6.07, 6.45) is -0.333. The lowest BCUT2D eigenvalue weighted by Crippen LogP contribution is -2.12. The van der Waals surface area contributed by atoms with Crippen LogP contribution in [0.1, 0.15) is 22.2 Å². The molecule has 1 amide bonds. The van der Waals surface area contributed by atoms with Crippen LogP contribution in [0.2, 0.25) is 0 Å². The van der Waals surface area contributed by atoms with E-state index in [1.165, 1.54) is 0 Å². The lowest BCUT2D eigenvalue weighted by Gasteiger charge is -2.11. The summed E-state index contributed by atoms with van der Waals surface area (Å²) in [5, 5.41) is 2.89. The largest absolute Gasteiger partial charge is 0.346 e. The topological polar surface area (TPSA) is 47.6 Å². The van der Waals surface area contributed by atoms with Crippen LogP contribution in [0.15, 0.2) is 48.5 Å². The molecule has 1 aliphatic rings. The Morgan fingerprint density at radius 3 is 2.52 bits per heavy atom. The monoisotopic (exact) mass is 395 g/mol. The average Bonchev–Trinajstić information content (AvgIpc) is 3.02. The van der Waals surface area contributed by atoms with Gasteiger partial charge in [0.25, 0.3) is 5.91 Å². The molecule has 1 heterocycles. The van der Waals surface area contributed by atoms with E-state index in [9.17, 15) is 4.79 Å². The predicted octanol–water partition coefficient (Wildman–Crippen LogP) is 3.59. The van der Waals surface area contributed by atoms with Crippen molar-refractivity contribution < 1.29 is 14.3 Å². The molecule has 108 valence electrons. The Hall–Kier alpha value is -1.44. The van der Waals surface area contributed by atoms with Gasteiger partial charge in [0.05, 0.1) is 13.2 Å². The molecule has 1 saturated heterocycles. The molecular weight excluding hydrogens is 381 g/mol. The molecule has 1 N–H and O–H groups in total. The Morgan fingerprint density at radius 1 is 1.10 bits per heavy atom. The van der Waals surface area contributed by atoms with Crippen molar-refractivity contribution in [2.75, 3.05) is 18.5 Å². The van der Waals surface area contributed by atoms with E-state index in [4.69, 9.17) is 9.47 Å². The molecule has 0 unspecified atom stereocenters. The normalized spacial score (nSPS) is 15.1. The summed E-state index contributed by atoms with van der Waals surface area (Å²) in [6, 6.07) is 15.0. The Balaban J connectivity index is 1.73. The summed E-state index contributed by atoms with van der Waals surface area (Å²) in [5.74, 6) is -0.128. The molecule has 0 aromatic heterocycles. The van der Waals surface area contributed by atoms with Crippen LogP contribution >= 0.6 is 22.6 Å². The third-order valence-corrected chi connectivity index (χ3v) is 3.86. The molecule has 0 spiro atoms. The molecule has 2 aromatic carbocycles. The third kappa shape index (κ3) is 3.61. The van der Waals surface area contributed by atoms with Crippen LogP contribution in [-0.2, 0) is 9.47 Å². The minimum Gasteiger partial charge on any atom is -0.346 e. The van der Waals surface area contributed by atoms with Crippen LogP contribution in [0, 0.1) is 3.57 Å².